The quantitative estimate of drug-likeness (QED) is 0.674. The van der Waals surface area contributed by atoms with Gasteiger partial charge < -0.3 is 9.47 Å². The molecule has 2 heterocycles. The molecule has 0 aliphatic heterocycles. The highest BCUT2D eigenvalue weighted by atomic mass is 35.5. The van der Waals surface area contributed by atoms with Crippen molar-refractivity contribution in [3.05, 3.63) is 71.2 Å². The maximum Gasteiger partial charge on any atom is 0.134 e. The van der Waals surface area contributed by atoms with E-state index in [1.165, 1.54) is 5.56 Å². The Bertz CT molecular complexity index is 764. The van der Waals surface area contributed by atoms with Gasteiger partial charge in [0.15, 0.2) is 0 Å². The Morgan fingerprint density at radius 3 is 2.70 bits per heavy atom. The topological polar surface area (TPSA) is 46.8 Å². The molecule has 0 fully saturated rings. The number of aryl methyl sites for hydroxylation is 1. The maximum atomic E-state index is 6.02. The predicted octanol–water partition coefficient (Wildman–Crippen LogP) is 3.32. The van der Waals surface area contributed by atoms with Gasteiger partial charge in [-0.25, -0.2) is 15.0 Å². The maximum absolute atomic E-state index is 6.02. The number of benzene rings is 1. The average Bonchev–Trinajstić information content (AvgIpc) is 2.94. The van der Waals surface area contributed by atoms with Crippen LogP contribution in [0.3, 0.4) is 0 Å². The van der Waals surface area contributed by atoms with Gasteiger partial charge in [-0.15, -0.1) is 0 Å². The van der Waals surface area contributed by atoms with Gasteiger partial charge in [-0.3, -0.25) is 0 Å². The monoisotopic (exact) mass is 327 g/mol. The molecule has 3 aromatic rings. The van der Waals surface area contributed by atoms with Gasteiger partial charge in [-0.2, -0.15) is 0 Å². The molecule has 0 amide bonds. The fourth-order valence-electron chi connectivity index (χ4n) is 2.42. The molecular formula is C17H18ClN5. The molecule has 0 N–H and O–H groups in total. The lowest BCUT2D eigenvalue weighted by atomic mass is 10.2. The van der Waals surface area contributed by atoms with Gasteiger partial charge in [0.1, 0.15) is 22.6 Å². The third-order valence-corrected chi connectivity index (χ3v) is 3.75. The van der Waals surface area contributed by atoms with Gasteiger partial charge in [-0.05, 0) is 12.5 Å². The standard InChI is InChI=1S/C17H18ClN5/c1-13-20-15(18)10-16(21-13)22(2)12-17-19-8-9-23(17)11-14-6-4-3-5-7-14/h3-10H,11-12H2,1-2H3. The summed E-state index contributed by atoms with van der Waals surface area (Å²) in [4.78, 5) is 15.0. The van der Waals surface area contributed by atoms with E-state index in [1.54, 1.807) is 6.07 Å². The van der Waals surface area contributed by atoms with E-state index in [9.17, 15) is 0 Å². The first-order chi connectivity index (χ1) is 11.1. The minimum atomic E-state index is 0.451. The van der Waals surface area contributed by atoms with E-state index in [0.717, 1.165) is 18.2 Å². The lowest BCUT2D eigenvalue weighted by Gasteiger charge is -2.19. The van der Waals surface area contributed by atoms with Crippen LogP contribution in [0.25, 0.3) is 0 Å². The molecule has 0 spiro atoms. The number of nitrogens with zero attached hydrogens (tertiary/aromatic N) is 5. The highest BCUT2D eigenvalue weighted by molar-refractivity contribution is 6.29. The molecule has 0 saturated heterocycles. The summed E-state index contributed by atoms with van der Waals surface area (Å²) in [5, 5.41) is 0.451. The molecule has 0 atom stereocenters. The second-order valence-electron chi connectivity index (χ2n) is 5.41. The highest BCUT2D eigenvalue weighted by Gasteiger charge is 2.10. The summed E-state index contributed by atoms with van der Waals surface area (Å²) >= 11 is 6.02. The first-order valence-corrected chi connectivity index (χ1v) is 7.76. The van der Waals surface area contributed by atoms with E-state index in [4.69, 9.17) is 11.6 Å². The Morgan fingerprint density at radius 1 is 1.17 bits per heavy atom. The van der Waals surface area contributed by atoms with Crippen LogP contribution in [0.15, 0.2) is 48.8 Å². The molecule has 2 aromatic heterocycles. The number of imidazole rings is 1. The fourth-order valence-corrected chi connectivity index (χ4v) is 2.64. The van der Waals surface area contributed by atoms with Crippen molar-refractivity contribution in [3.63, 3.8) is 0 Å². The molecule has 3 rings (SSSR count). The van der Waals surface area contributed by atoms with Gasteiger partial charge in [0, 0.05) is 32.1 Å². The van der Waals surface area contributed by atoms with Crippen LogP contribution in [0.4, 0.5) is 5.82 Å². The van der Waals surface area contributed by atoms with Crippen molar-refractivity contribution in [2.75, 3.05) is 11.9 Å². The normalized spacial score (nSPS) is 10.7. The number of aromatic nitrogens is 4. The first kappa shape index (κ1) is 15.5. The predicted molar refractivity (Wildman–Crippen MR) is 91.7 cm³/mol. The number of anilines is 1. The van der Waals surface area contributed by atoms with Crippen molar-refractivity contribution >= 4 is 17.4 Å². The Labute approximate surface area is 140 Å². The third kappa shape index (κ3) is 3.87. The summed E-state index contributed by atoms with van der Waals surface area (Å²) in [7, 11) is 1.97. The second-order valence-corrected chi connectivity index (χ2v) is 5.80. The van der Waals surface area contributed by atoms with Crippen LogP contribution in [0, 0.1) is 6.92 Å². The van der Waals surface area contributed by atoms with E-state index in [-0.39, 0.29) is 0 Å². The third-order valence-electron chi connectivity index (χ3n) is 3.56. The minimum Gasteiger partial charge on any atom is -0.352 e. The molecule has 0 unspecified atom stereocenters. The molecule has 5 nitrogen and oxygen atoms in total. The van der Waals surface area contributed by atoms with Crippen molar-refractivity contribution in [1.82, 2.24) is 19.5 Å². The van der Waals surface area contributed by atoms with Crippen LogP contribution in [0.5, 0.6) is 0 Å². The van der Waals surface area contributed by atoms with Gasteiger partial charge in [-0.1, -0.05) is 41.9 Å². The highest BCUT2D eigenvalue weighted by Crippen LogP contribution is 2.17. The van der Waals surface area contributed by atoms with Crippen molar-refractivity contribution in [1.29, 1.82) is 0 Å². The van der Waals surface area contributed by atoms with Crippen LogP contribution in [-0.4, -0.2) is 26.6 Å². The molecule has 0 saturated carbocycles. The van der Waals surface area contributed by atoms with Crippen LogP contribution >= 0.6 is 11.6 Å². The summed E-state index contributed by atoms with van der Waals surface area (Å²) < 4.78 is 2.14. The van der Waals surface area contributed by atoms with Gasteiger partial charge in [0.05, 0.1) is 6.54 Å². The number of hydrogen-bond acceptors (Lipinski definition) is 4. The SMILES string of the molecule is Cc1nc(Cl)cc(N(C)Cc2nccn2Cc2ccccc2)n1. The van der Waals surface area contributed by atoms with Crippen LogP contribution < -0.4 is 4.90 Å². The number of hydrogen-bond donors (Lipinski definition) is 0. The smallest absolute Gasteiger partial charge is 0.134 e. The Balaban J connectivity index is 1.77. The van der Waals surface area contributed by atoms with Crippen molar-refractivity contribution < 1.29 is 0 Å². The zero-order valence-corrected chi connectivity index (χ0v) is 13.9. The summed E-state index contributed by atoms with van der Waals surface area (Å²) in [6.07, 6.45) is 3.82. The zero-order valence-electron chi connectivity index (χ0n) is 13.1. The molecular weight excluding hydrogens is 310 g/mol. The minimum absolute atomic E-state index is 0.451. The summed E-state index contributed by atoms with van der Waals surface area (Å²) in [5.41, 5.74) is 1.25. The lowest BCUT2D eigenvalue weighted by Crippen LogP contribution is -2.21. The summed E-state index contributed by atoms with van der Waals surface area (Å²) in [5.74, 6) is 2.42. The Kier molecular flexibility index (Phi) is 4.57. The summed E-state index contributed by atoms with van der Waals surface area (Å²) in [6.45, 7) is 3.28. The van der Waals surface area contributed by atoms with Crippen molar-refractivity contribution in [3.8, 4) is 0 Å². The summed E-state index contributed by atoms with van der Waals surface area (Å²) in [6, 6.07) is 12.1. The second kappa shape index (κ2) is 6.79. The Hall–Kier alpha value is -2.40. The van der Waals surface area contributed by atoms with Crippen LogP contribution in [-0.2, 0) is 13.1 Å². The van der Waals surface area contributed by atoms with Crippen LogP contribution in [0.2, 0.25) is 5.15 Å². The van der Waals surface area contributed by atoms with Crippen LogP contribution in [0.1, 0.15) is 17.2 Å². The number of halogens is 1. The van der Waals surface area contributed by atoms with Gasteiger partial charge >= 0.3 is 0 Å². The van der Waals surface area contributed by atoms with Crippen molar-refractivity contribution in [2.24, 2.45) is 0 Å². The average molecular weight is 328 g/mol. The molecule has 0 aliphatic carbocycles. The van der Waals surface area contributed by atoms with E-state index in [2.05, 4.69) is 31.7 Å². The van der Waals surface area contributed by atoms with Gasteiger partial charge in [0.2, 0.25) is 0 Å². The molecule has 1 aromatic carbocycles. The molecule has 0 bridgehead atoms. The molecule has 118 valence electrons. The van der Waals surface area contributed by atoms with E-state index in [0.29, 0.717) is 17.5 Å². The van der Waals surface area contributed by atoms with Gasteiger partial charge in [0.25, 0.3) is 0 Å². The first-order valence-electron chi connectivity index (χ1n) is 7.38. The molecule has 23 heavy (non-hydrogen) atoms. The molecule has 0 aliphatic rings. The van der Waals surface area contributed by atoms with E-state index in [1.807, 2.05) is 49.5 Å². The largest absolute Gasteiger partial charge is 0.352 e. The lowest BCUT2D eigenvalue weighted by molar-refractivity contribution is 0.703. The van der Waals surface area contributed by atoms with E-state index < -0.39 is 0 Å². The molecule has 0 radical (unpaired) electrons. The fraction of sp³-hybridized carbons (Fsp3) is 0.235. The van der Waals surface area contributed by atoms with Crippen molar-refractivity contribution in [2.45, 2.75) is 20.0 Å². The van der Waals surface area contributed by atoms with E-state index >= 15 is 0 Å². The zero-order chi connectivity index (χ0) is 16.2. The Morgan fingerprint density at radius 2 is 1.96 bits per heavy atom. The number of rotatable bonds is 5. The molecule has 6 heteroatoms.